The van der Waals surface area contributed by atoms with Crippen LogP contribution < -0.4 is 0 Å². The largest absolute Gasteiger partial charge is 0.425 e. The fraction of sp³-hybridized carbons (Fsp3) is 0.375. The molecule has 1 aromatic heterocycles. The van der Waals surface area contributed by atoms with Gasteiger partial charge in [-0.25, -0.2) is 4.39 Å². The zero-order valence-corrected chi connectivity index (χ0v) is 11.7. The van der Waals surface area contributed by atoms with Crippen molar-refractivity contribution in [2.75, 3.05) is 13.2 Å². The van der Waals surface area contributed by atoms with Gasteiger partial charge in [-0.2, -0.15) is 0 Å². The summed E-state index contributed by atoms with van der Waals surface area (Å²) in [6.45, 7) is 1.45. The molecule has 0 saturated carbocycles. The van der Waals surface area contributed by atoms with Gasteiger partial charge in [0.15, 0.2) is 0 Å². The number of halogens is 1. The van der Waals surface area contributed by atoms with E-state index in [4.69, 9.17) is 9.15 Å². The Morgan fingerprint density at radius 2 is 2.19 bits per heavy atom. The third-order valence-corrected chi connectivity index (χ3v) is 3.49. The average molecular weight is 288 g/mol. The van der Waals surface area contributed by atoms with Crippen molar-refractivity contribution >= 4 is 6.08 Å². The molecule has 2 aromatic rings. The van der Waals surface area contributed by atoms with Crippen LogP contribution in [0.15, 0.2) is 34.8 Å². The normalized spacial score (nSPS) is 19.2. The van der Waals surface area contributed by atoms with E-state index in [0.717, 1.165) is 19.4 Å². The summed E-state index contributed by atoms with van der Waals surface area (Å²) < 4.78 is 24.5. The summed E-state index contributed by atoms with van der Waals surface area (Å²) >= 11 is 0. The van der Waals surface area contributed by atoms with Gasteiger partial charge in [0, 0.05) is 18.6 Å². The standard InChI is InChI=1S/C16H17FN2O2/c17-14-8-2-1-5-12(14)6-3-9-15-18-19-16(21-15)13-7-4-10-20-11-13/h1-3,5-6,8,13H,4,7,9-11H2/b6-3+. The zero-order chi connectivity index (χ0) is 14.5. The van der Waals surface area contributed by atoms with Crippen LogP contribution in [0.2, 0.25) is 0 Å². The second kappa shape index (κ2) is 6.63. The first-order valence-corrected chi connectivity index (χ1v) is 7.14. The van der Waals surface area contributed by atoms with E-state index in [1.807, 2.05) is 6.08 Å². The van der Waals surface area contributed by atoms with Crippen molar-refractivity contribution in [3.8, 4) is 0 Å². The summed E-state index contributed by atoms with van der Waals surface area (Å²) in [6.07, 6.45) is 6.09. The Labute approximate surface area is 122 Å². The highest BCUT2D eigenvalue weighted by Crippen LogP contribution is 2.24. The third-order valence-electron chi connectivity index (χ3n) is 3.49. The Bertz CT molecular complexity index is 618. The second-order valence-electron chi connectivity index (χ2n) is 5.08. The number of nitrogens with zero attached hydrogens (tertiary/aromatic N) is 2. The van der Waals surface area contributed by atoms with E-state index in [2.05, 4.69) is 10.2 Å². The molecule has 110 valence electrons. The van der Waals surface area contributed by atoms with Gasteiger partial charge in [-0.05, 0) is 18.9 Å². The van der Waals surface area contributed by atoms with Crippen molar-refractivity contribution in [2.45, 2.75) is 25.2 Å². The summed E-state index contributed by atoms with van der Waals surface area (Å²) in [7, 11) is 0. The van der Waals surface area contributed by atoms with E-state index < -0.39 is 0 Å². The molecule has 0 bridgehead atoms. The van der Waals surface area contributed by atoms with Crippen LogP contribution in [0.1, 0.15) is 36.1 Å². The SMILES string of the molecule is Fc1ccccc1/C=C/Cc1nnc(C2CCCOC2)o1. The number of benzene rings is 1. The molecule has 2 heterocycles. The maximum Gasteiger partial charge on any atom is 0.221 e. The van der Waals surface area contributed by atoms with Gasteiger partial charge >= 0.3 is 0 Å². The molecule has 0 N–H and O–H groups in total. The fourth-order valence-corrected chi connectivity index (χ4v) is 2.35. The van der Waals surface area contributed by atoms with Crippen molar-refractivity contribution in [2.24, 2.45) is 0 Å². The number of ether oxygens (including phenoxy) is 1. The molecule has 3 rings (SSSR count). The van der Waals surface area contributed by atoms with Gasteiger partial charge in [-0.3, -0.25) is 0 Å². The van der Waals surface area contributed by atoms with Gasteiger partial charge in [0.05, 0.1) is 12.5 Å². The van der Waals surface area contributed by atoms with E-state index in [1.54, 1.807) is 24.3 Å². The quantitative estimate of drug-likeness (QED) is 0.865. The summed E-state index contributed by atoms with van der Waals surface area (Å²) in [5.41, 5.74) is 0.554. The molecule has 1 saturated heterocycles. The van der Waals surface area contributed by atoms with E-state index >= 15 is 0 Å². The van der Waals surface area contributed by atoms with Crippen LogP contribution in [-0.4, -0.2) is 23.4 Å². The molecule has 0 radical (unpaired) electrons. The molecule has 1 fully saturated rings. The van der Waals surface area contributed by atoms with Crippen molar-refractivity contribution in [1.29, 1.82) is 0 Å². The predicted molar refractivity (Wildman–Crippen MR) is 76.2 cm³/mol. The molecular weight excluding hydrogens is 271 g/mol. The first-order valence-electron chi connectivity index (χ1n) is 7.14. The number of aromatic nitrogens is 2. The van der Waals surface area contributed by atoms with Crippen LogP contribution in [0.3, 0.4) is 0 Å². The number of hydrogen-bond donors (Lipinski definition) is 0. The van der Waals surface area contributed by atoms with E-state index in [-0.39, 0.29) is 11.7 Å². The lowest BCUT2D eigenvalue weighted by atomic mass is 10.0. The van der Waals surface area contributed by atoms with Gasteiger partial charge in [0.2, 0.25) is 11.8 Å². The topological polar surface area (TPSA) is 48.2 Å². The molecule has 0 spiro atoms. The summed E-state index contributed by atoms with van der Waals surface area (Å²) in [5.74, 6) is 1.15. The highest BCUT2D eigenvalue weighted by molar-refractivity contribution is 5.49. The van der Waals surface area contributed by atoms with Crippen molar-refractivity contribution in [3.05, 3.63) is 53.5 Å². The summed E-state index contributed by atoms with van der Waals surface area (Å²) in [5, 5.41) is 8.11. The van der Waals surface area contributed by atoms with Crippen LogP contribution in [0.5, 0.6) is 0 Å². The molecule has 1 unspecified atom stereocenters. The van der Waals surface area contributed by atoms with Gasteiger partial charge < -0.3 is 9.15 Å². The first-order chi connectivity index (χ1) is 10.3. The van der Waals surface area contributed by atoms with Crippen molar-refractivity contribution < 1.29 is 13.5 Å². The average Bonchev–Trinajstić information content (AvgIpc) is 2.99. The highest BCUT2D eigenvalue weighted by Gasteiger charge is 2.21. The lowest BCUT2D eigenvalue weighted by Gasteiger charge is -2.18. The predicted octanol–water partition coefficient (Wildman–Crippen LogP) is 3.36. The van der Waals surface area contributed by atoms with Gasteiger partial charge in [-0.15, -0.1) is 10.2 Å². The van der Waals surface area contributed by atoms with Crippen LogP contribution in [-0.2, 0) is 11.2 Å². The molecule has 0 amide bonds. The number of hydrogen-bond acceptors (Lipinski definition) is 4. The molecule has 4 nitrogen and oxygen atoms in total. The van der Waals surface area contributed by atoms with Crippen LogP contribution >= 0.6 is 0 Å². The summed E-state index contributed by atoms with van der Waals surface area (Å²) in [4.78, 5) is 0. The second-order valence-corrected chi connectivity index (χ2v) is 5.08. The lowest BCUT2D eigenvalue weighted by molar-refractivity contribution is 0.0722. The molecule has 21 heavy (non-hydrogen) atoms. The molecular formula is C16H17FN2O2. The van der Waals surface area contributed by atoms with E-state index in [1.165, 1.54) is 6.07 Å². The first kappa shape index (κ1) is 13.9. The minimum atomic E-state index is -0.237. The van der Waals surface area contributed by atoms with Crippen LogP contribution in [0.25, 0.3) is 6.08 Å². The summed E-state index contributed by atoms with van der Waals surface area (Å²) in [6, 6.07) is 6.64. The van der Waals surface area contributed by atoms with Crippen LogP contribution in [0.4, 0.5) is 4.39 Å². The Morgan fingerprint density at radius 3 is 3.00 bits per heavy atom. The zero-order valence-electron chi connectivity index (χ0n) is 11.7. The maximum atomic E-state index is 13.4. The minimum Gasteiger partial charge on any atom is -0.425 e. The van der Waals surface area contributed by atoms with Gasteiger partial charge in [0.1, 0.15) is 5.82 Å². The van der Waals surface area contributed by atoms with Crippen LogP contribution in [0, 0.1) is 5.82 Å². The Morgan fingerprint density at radius 1 is 1.29 bits per heavy atom. The molecule has 1 aromatic carbocycles. The Kier molecular flexibility index (Phi) is 4.40. The molecule has 0 aliphatic carbocycles. The highest BCUT2D eigenvalue weighted by atomic mass is 19.1. The van der Waals surface area contributed by atoms with Gasteiger partial charge in [-0.1, -0.05) is 30.4 Å². The van der Waals surface area contributed by atoms with Crippen molar-refractivity contribution in [1.82, 2.24) is 10.2 Å². The maximum absolute atomic E-state index is 13.4. The van der Waals surface area contributed by atoms with E-state index in [0.29, 0.717) is 30.4 Å². The smallest absolute Gasteiger partial charge is 0.221 e. The van der Waals surface area contributed by atoms with Crippen molar-refractivity contribution in [3.63, 3.8) is 0 Å². The fourth-order valence-electron chi connectivity index (χ4n) is 2.35. The lowest BCUT2D eigenvalue weighted by Crippen LogP contribution is -2.15. The monoisotopic (exact) mass is 288 g/mol. The van der Waals surface area contributed by atoms with E-state index in [9.17, 15) is 4.39 Å². The molecule has 1 aliphatic rings. The Hall–Kier alpha value is -2.01. The molecule has 1 atom stereocenters. The minimum absolute atomic E-state index is 0.204. The Balaban J connectivity index is 1.61. The van der Waals surface area contributed by atoms with Gasteiger partial charge in [0.25, 0.3) is 0 Å². The molecule has 5 heteroatoms. The number of allylic oxidation sites excluding steroid dienone is 1. The third kappa shape index (κ3) is 3.55. The molecule has 1 aliphatic heterocycles. The number of rotatable bonds is 4.